The largest absolute Gasteiger partial charge is 0.356 e. The molecule has 2 aromatic heterocycles. The van der Waals surface area contributed by atoms with Crippen LogP contribution in [0.25, 0.3) is 0 Å². The van der Waals surface area contributed by atoms with E-state index in [1.807, 2.05) is 24.0 Å². The van der Waals surface area contributed by atoms with Gasteiger partial charge in [0.15, 0.2) is 0 Å². The van der Waals surface area contributed by atoms with E-state index in [4.69, 9.17) is 4.98 Å². The van der Waals surface area contributed by atoms with E-state index in [0.717, 1.165) is 36.5 Å². The van der Waals surface area contributed by atoms with Gasteiger partial charge in [0.1, 0.15) is 5.69 Å². The molecule has 0 aromatic carbocycles. The van der Waals surface area contributed by atoms with Crippen molar-refractivity contribution in [3.8, 4) is 0 Å². The van der Waals surface area contributed by atoms with Crippen LogP contribution in [0.15, 0.2) is 29.8 Å². The predicted octanol–water partition coefficient (Wildman–Crippen LogP) is 2.63. The van der Waals surface area contributed by atoms with Crippen molar-refractivity contribution in [1.82, 2.24) is 20.2 Å². The van der Waals surface area contributed by atoms with E-state index in [1.54, 1.807) is 23.6 Å². The first-order valence-corrected chi connectivity index (χ1v) is 9.96. The maximum absolute atomic E-state index is 12.6. The molecule has 2 aromatic rings. The van der Waals surface area contributed by atoms with E-state index < -0.39 is 0 Å². The molecule has 1 saturated heterocycles. The average molecular weight is 372 g/mol. The topological polar surface area (TPSA) is 75.2 Å². The molecule has 6 nitrogen and oxygen atoms in total. The molecule has 0 aliphatic carbocycles. The van der Waals surface area contributed by atoms with Crippen molar-refractivity contribution in [1.29, 1.82) is 0 Å². The van der Waals surface area contributed by atoms with E-state index in [9.17, 15) is 9.59 Å². The van der Waals surface area contributed by atoms with Crippen molar-refractivity contribution >= 4 is 23.2 Å². The van der Waals surface area contributed by atoms with Crippen LogP contribution in [-0.2, 0) is 11.2 Å². The molecule has 1 fully saturated rings. The number of thiazole rings is 1. The van der Waals surface area contributed by atoms with Crippen LogP contribution in [0.5, 0.6) is 0 Å². The van der Waals surface area contributed by atoms with Gasteiger partial charge in [-0.05, 0) is 25.0 Å². The van der Waals surface area contributed by atoms with Crippen LogP contribution in [0.4, 0.5) is 0 Å². The third-order valence-electron chi connectivity index (χ3n) is 4.54. The second-order valence-corrected chi connectivity index (χ2v) is 7.33. The molecule has 1 atom stereocenters. The average Bonchev–Trinajstić information content (AvgIpc) is 3.17. The quantitative estimate of drug-likeness (QED) is 0.846. The molecule has 3 heterocycles. The lowest BCUT2D eigenvalue weighted by atomic mass is 9.98. The highest BCUT2D eigenvalue weighted by Gasteiger charge is 2.27. The Balaban J connectivity index is 1.58. The van der Waals surface area contributed by atoms with Crippen LogP contribution in [0.1, 0.15) is 53.3 Å². The fourth-order valence-corrected chi connectivity index (χ4v) is 4.08. The Labute approximate surface area is 157 Å². The van der Waals surface area contributed by atoms with E-state index >= 15 is 0 Å². The highest BCUT2D eigenvalue weighted by atomic mass is 32.1. The van der Waals surface area contributed by atoms with Crippen LogP contribution in [0.3, 0.4) is 0 Å². The van der Waals surface area contributed by atoms with Gasteiger partial charge in [-0.1, -0.05) is 13.0 Å². The molecule has 0 radical (unpaired) electrons. The SMILES string of the molecule is CCC(=O)NCCc1csc(C2CCCN(C(=O)c3ccccn3)C2)n1. The summed E-state index contributed by atoms with van der Waals surface area (Å²) in [7, 11) is 0. The minimum atomic E-state index is -0.00522. The monoisotopic (exact) mass is 372 g/mol. The summed E-state index contributed by atoms with van der Waals surface area (Å²) in [6.45, 7) is 3.92. The predicted molar refractivity (Wildman–Crippen MR) is 101 cm³/mol. The Kier molecular flexibility index (Phi) is 6.33. The van der Waals surface area contributed by atoms with Gasteiger partial charge in [0.05, 0.1) is 10.7 Å². The summed E-state index contributed by atoms with van der Waals surface area (Å²) >= 11 is 1.65. The number of aromatic nitrogens is 2. The van der Waals surface area contributed by atoms with Gasteiger partial charge >= 0.3 is 0 Å². The third-order valence-corrected chi connectivity index (χ3v) is 5.59. The molecule has 26 heavy (non-hydrogen) atoms. The maximum atomic E-state index is 12.6. The number of hydrogen-bond donors (Lipinski definition) is 1. The Morgan fingerprint density at radius 2 is 2.27 bits per heavy atom. The van der Waals surface area contributed by atoms with Crippen molar-refractivity contribution in [3.05, 3.63) is 46.2 Å². The smallest absolute Gasteiger partial charge is 0.272 e. The first kappa shape index (κ1) is 18.5. The second kappa shape index (κ2) is 8.89. The number of nitrogens with zero attached hydrogens (tertiary/aromatic N) is 3. The molecule has 1 N–H and O–H groups in total. The normalized spacial score (nSPS) is 17.1. The van der Waals surface area contributed by atoms with E-state index in [1.165, 1.54) is 0 Å². The van der Waals surface area contributed by atoms with Gasteiger partial charge in [-0.2, -0.15) is 0 Å². The Bertz CT molecular complexity index is 747. The molecule has 1 unspecified atom stereocenters. The first-order chi connectivity index (χ1) is 12.7. The fraction of sp³-hybridized carbons (Fsp3) is 0.474. The summed E-state index contributed by atoms with van der Waals surface area (Å²) in [5.41, 5.74) is 1.51. The minimum Gasteiger partial charge on any atom is -0.356 e. The number of carbonyl (C=O) groups is 2. The number of amides is 2. The highest BCUT2D eigenvalue weighted by Crippen LogP contribution is 2.29. The zero-order valence-electron chi connectivity index (χ0n) is 15.0. The zero-order chi connectivity index (χ0) is 18.4. The number of hydrogen-bond acceptors (Lipinski definition) is 5. The van der Waals surface area contributed by atoms with Gasteiger partial charge in [0.25, 0.3) is 5.91 Å². The fourth-order valence-electron chi connectivity index (χ4n) is 3.09. The number of carbonyl (C=O) groups excluding carboxylic acids is 2. The first-order valence-electron chi connectivity index (χ1n) is 9.08. The number of rotatable bonds is 6. The second-order valence-electron chi connectivity index (χ2n) is 6.44. The lowest BCUT2D eigenvalue weighted by Crippen LogP contribution is -2.39. The summed E-state index contributed by atoms with van der Waals surface area (Å²) < 4.78 is 0. The molecule has 0 bridgehead atoms. The maximum Gasteiger partial charge on any atom is 0.272 e. The van der Waals surface area contributed by atoms with Gasteiger partial charge in [0.2, 0.25) is 5.91 Å². The molecular weight excluding hydrogens is 348 g/mol. The van der Waals surface area contributed by atoms with Crippen LogP contribution in [0.2, 0.25) is 0 Å². The van der Waals surface area contributed by atoms with Crippen molar-refractivity contribution in [3.63, 3.8) is 0 Å². The van der Waals surface area contributed by atoms with Crippen LogP contribution in [-0.4, -0.2) is 46.3 Å². The van der Waals surface area contributed by atoms with Gasteiger partial charge in [0, 0.05) is 50.0 Å². The molecule has 138 valence electrons. The number of piperidine rings is 1. The lowest BCUT2D eigenvalue weighted by molar-refractivity contribution is -0.120. The van der Waals surface area contributed by atoms with E-state index in [0.29, 0.717) is 25.2 Å². The highest BCUT2D eigenvalue weighted by molar-refractivity contribution is 7.09. The molecule has 2 amide bonds. The van der Waals surface area contributed by atoms with E-state index in [2.05, 4.69) is 15.7 Å². The standard InChI is InChI=1S/C19H24N4O2S/c1-2-17(24)21-10-8-15-13-26-18(22-15)14-6-5-11-23(12-14)19(25)16-7-3-4-9-20-16/h3-4,7,9,13-14H,2,5-6,8,10-12H2,1H3,(H,21,24). The van der Waals surface area contributed by atoms with Crippen molar-refractivity contribution in [2.24, 2.45) is 0 Å². The molecule has 3 rings (SSSR count). The minimum absolute atomic E-state index is 0.00522. The lowest BCUT2D eigenvalue weighted by Gasteiger charge is -2.31. The van der Waals surface area contributed by atoms with Crippen LogP contribution < -0.4 is 5.32 Å². The van der Waals surface area contributed by atoms with Crippen molar-refractivity contribution in [2.45, 2.75) is 38.5 Å². The number of nitrogens with one attached hydrogen (secondary N) is 1. The van der Waals surface area contributed by atoms with Crippen LogP contribution >= 0.6 is 11.3 Å². The van der Waals surface area contributed by atoms with Crippen molar-refractivity contribution in [2.75, 3.05) is 19.6 Å². The molecule has 7 heteroatoms. The van der Waals surface area contributed by atoms with Crippen molar-refractivity contribution < 1.29 is 9.59 Å². The van der Waals surface area contributed by atoms with Gasteiger partial charge < -0.3 is 10.2 Å². The number of likely N-dealkylation sites (tertiary alicyclic amines) is 1. The summed E-state index contributed by atoms with van der Waals surface area (Å²) in [6.07, 6.45) is 4.92. The number of pyridine rings is 1. The third kappa shape index (κ3) is 4.66. The summed E-state index contributed by atoms with van der Waals surface area (Å²) in [5.74, 6) is 0.339. The van der Waals surface area contributed by atoms with Gasteiger partial charge in [-0.15, -0.1) is 11.3 Å². The zero-order valence-corrected chi connectivity index (χ0v) is 15.8. The van der Waals surface area contributed by atoms with Gasteiger partial charge in [-0.3, -0.25) is 14.6 Å². The Morgan fingerprint density at radius 1 is 1.38 bits per heavy atom. The molecular formula is C19H24N4O2S. The molecule has 1 aliphatic heterocycles. The Morgan fingerprint density at radius 3 is 3.04 bits per heavy atom. The van der Waals surface area contributed by atoms with E-state index in [-0.39, 0.29) is 17.7 Å². The summed E-state index contributed by atoms with van der Waals surface area (Å²) in [4.78, 5) is 34.7. The van der Waals surface area contributed by atoms with Gasteiger partial charge in [-0.25, -0.2) is 4.98 Å². The summed E-state index contributed by atoms with van der Waals surface area (Å²) in [6, 6.07) is 5.42. The van der Waals surface area contributed by atoms with Crippen LogP contribution in [0, 0.1) is 0 Å². The Hall–Kier alpha value is -2.28. The molecule has 1 aliphatic rings. The summed E-state index contributed by atoms with van der Waals surface area (Å²) in [5, 5.41) is 6.02. The molecule has 0 spiro atoms. The molecule has 0 saturated carbocycles.